The maximum Gasteiger partial charge on any atom is 0.416 e. The molecule has 0 radical (unpaired) electrons. The molecular formula is C54H63N7O11. The first kappa shape index (κ1) is 49.8. The van der Waals surface area contributed by atoms with Crippen LogP contribution in [0.1, 0.15) is 102 Å². The number of fused-ring (bicyclic) bond motifs is 4. The molecule has 5 atom stereocenters. The fourth-order valence-electron chi connectivity index (χ4n) is 9.98. The number of anilines is 2. The molecule has 2 fully saturated rings. The van der Waals surface area contributed by atoms with Crippen molar-refractivity contribution in [3.63, 3.8) is 0 Å². The second kappa shape index (κ2) is 20.5. The van der Waals surface area contributed by atoms with Crippen LogP contribution in [0.15, 0.2) is 73.1 Å². The van der Waals surface area contributed by atoms with Gasteiger partial charge in [-0.3, -0.25) is 24.2 Å². The van der Waals surface area contributed by atoms with E-state index in [4.69, 9.17) is 29.4 Å². The van der Waals surface area contributed by atoms with E-state index in [1.54, 1.807) is 49.3 Å². The van der Waals surface area contributed by atoms with Crippen LogP contribution in [-0.2, 0) is 27.4 Å². The van der Waals surface area contributed by atoms with Crippen molar-refractivity contribution in [3.05, 3.63) is 107 Å². The Balaban J connectivity index is 0.859. The predicted octanol–water partition coefficient (Wildman–Crippen LogP) is 6.35. The molecule has 1 unspecified atom stereocenters. The Morgan fingerprint density at radius 1 is 0.889 bits per heavy atom. The van der Waals surface area contributed by atoms with Gasteiger partial charge in [0, 0.05) is 54.4 Å². The summed E-state index contributed by atoms with van der Waals surface area (Å²) in [6.45, 7) is 7.81. The van der Waals surface area contributed by atoms with Crippen LogP contribution in [0, 0.1) is 18.3 Å². The molecule has 9 rings (SSSR count). The van der Waals surface area contributed by atoms with Gasteiger partial charge in [-0.15, -0.1) is 0 Å². The number of aliphatic hydroxyl groups is 1. The average Bonchev–Trinajstić information content (AvgIpc) is 3.88. The van der Waals surface area contributed by atoms with Crippen LogP contribution in [0.4, 0.5) is 16.2 Å². The number of hydrogen-bond acceptors (Lipinski definition) is 13. The van der Waals surface area contributed by atoms with Crippen LogP contribution in [-0.4, -0.2) is 114 Å². The Bertz CT molecular complexity index is 2780. The monoisotopic (exact) mass is 985 g/mol. The molecule has 1 saturated heterocycles. The lowest BCUT2D eigenvalue weighted by atomic mass is 9.98. The molecular weight excluding hydrogens is 923 g/mol. The van der Waals surface area contributed by atoms with Gasteiger partial charge in [-0.2, -0.15) is 0 Å². The number of carbonyl (C=O) groups excluding carboxylic acids is 5. The molecule has 5 amide bonds. The number of benzene rings is 3. The number of pyridine rings is 1. The molecule has 1 spiro atoms. The molecule has 18 heteroatoms. The van der Waals surface area contributed by atoms with E-state index in [9.17, 15) is 29.1 Å². The van der Waals surface area contributed by atoms with Crippen molar-refractivity contribution in [2.75, 3.05) is 44.2 Å². The van der Waals surface area contributed by atoms with Crippen LogP contribution in [0.3, 0.4) is 0 Å². The Morgan fingerprint density at radius 3 is 2.24 bits per heavy atom. The van der Waals surface area contributed by atoms with Gasteiger partial charge in [0.15, 0.2) is 29.2 Å². The molecule has 1 saturated carbocycles. The molecule has 380 valence electrons. The summed E-state index contributed by atoms with van der Waals surface area (Å²) in [6.07, 6.45) is 6.52. The molecule has 18 nitrogen and oxygen atoms in total. The topological polar surface area (TPSA) is 224 Å². The first-order valence-electron chi connectivity index (χ1n) is 24.6. The van der Waals surface area contributed by atoms with Crippen molar-refractivity contribution in [3.8, 4) is 23.0 Å². The third-order valence-electron chi connectivity index (χ3n) is 14.5. The standard InChI is InChI=1S/C54H63N7O11/c1-30(2)47(55)49(63)57-32(4)48(62)58-37-13-9-33(10-14-37)28-72-53(67)61-41-24-46(44(69-6)23-40(41)51(65)60-29-54(16-17-54)25-42(60)52(61)66)71-19-7-18-70-45-21-34-12-15-38-20-36(35-11-8-31(3)56-26-35)27-59(38)50(64)39(34)22-43(45)68-5/h8-11,13-14,21-24,26-27,30,32,38,42,47,52,66H,7,12,15-20,25,28-29,55H2,1-6H3,(H,57,63)(H,58,62)/t32-,38+,42-,47-,52?/m0/s1. The first-order chi connectivity index (χ1) is 34.6. The van der Waals surface area contributed by atoms with Gasteiger partial charge in [0.2, 0.25) is 11.8 Å². The van der Waals surface area contributed by atoms with Gasteiger partial charge in [0.25, 0.3) is 11.8 Å². The number of nitrogens with two attached hydrogens (primary N) is 1. The van der Waals surface area contributed by atoms with Gasteiger partial charge in [0.1, 0.15) is 12.6 Å². The highest BCUT2D eigenvalue weighted by molar-refractivity contribution is 6.06. The molecule has 4 aromatic rings. The van der Waals surface area contributed by atoms with Gasteiger partial charge >= 0.3 is 6.09 Å². The van der Waals surface area contributed by atoms with Crippen molar-refractivity contribution in [1.29, 1.82) is 0 Å². The summed E-state index contributed by atoms with van der Waals surface area (Å²) in [7, 11) is 3.01. The number of carbonyl (C=O) groups is 5. The predicted molar refractivity (Wildman–Crippen MR) is 267 cm³/mol. The minimum Gasteiger partial charge on any atom is -0.493 e. The van der Waals surface area contributed by atoms with E-state index in [0.717, 1.165) is 53.0 Å². The van der Waals surface area contributed by atoms with Gasteiger partial charge in [-0.05, 0) is 122 Å². The van der Waals surface area contributed by atoms with Crippen LogP contribution < -0.4 is 40.2 Å². The summed E-state index contributed by atoms with van der Waals surface area (Å²) in [5.41, 5.74) is 11.7. The fraction of sp³-hybridized carbons (Fsp3) is 0.444. The summed E-state index contributed by atoms with van der Waals surface area (Å²) in [4.78, 5) is 76.8. The summed E-state index contributed by atoms with van der Waals surface area (Å²) in [6, 6.07) is 15.1. The fourth-order valence-corrected chi connectivity index (χ4v) is 9.98. The Morgan fingerprint density at radius 2 is 1.58 bits per heavy atom. The number of aryl methyl sites for hydroxylation is 2. The zero-order chi connectivity index (χ0) is 51.0. The van der Waals surface area contributed by atoms with Crippen LogP contribution in [0.2, 0.25) is 0 Å². The third-order valence-corrected chi connectivity index (χ3v) is 14.5. The SMILES string of the molecule is COc1cc2c(cc1OCCCOc1cc3c(cc1OC)C(=O)N1CC4(CC4)C[C@H]1C(O)N3C(=O)OCc1ccc(NC(=O)[C@H](C)NC(=O)[C@@H](N)C(C)C)cc1)CC[C@@H]1CC(c3ccc(C)nc3)=CN1C2=O. The van der Waals surface area contributed by atoms with Crippen molar-refractivity contribution in [2.24, 2.45) is 17.1 Å². The Hall–Kier alpha value is -7.18. The van der Waals surface area contributed by atoms with E-state index in [1.807, 2.05) is 56.3 Å². The smallest absolute Gasteiger partial charge is 0.416 e. The van der Waals surface area contributed by atoms with E-state index in [0.29, 0.717) is 54.1 Å². The lowest BCUT2D eigenvalue weighted by Crippen LogP contribution is -2.50. The normalized spacial score (nSPS) is 20.3. The lowest BCUT2D eigenvalue weighted by Gasteiger charge is -2.31. The molecule has 5 aliphatic rings. The highest BCUT2D eigenvalue weighted by atomic mass is 16.6. The maximum absolute atomic E-state index is 14.3. The number of aliphatic hydroxyl groups excluding tert-OH is 1. The van der Waals surface area contributed by atoms with Crippen molar-refractivity contribution in [1.82, 2.24) is 20.1 Å². The number of ether oxygens (including phenoxy) is 5. The summed E-state index contributed by atoms with van der Waals surface area (Å²) < 4.78 is 29.8. The summed E-state index contributed by atoms with van der Waals surface area (Å²) in [5.74, 6) is 0.0789. The number of amides is 5. The van der Waals surface area contributed by atoms with Gasteiger partial charge in [-0.1, -0.05) is 32.0 Å². The highest BCUT2D eigenvalue weighted by Crippen LogP contribution is 2.57. The number of rotatable bonds is 16. The van der Waals surface area contributed by atoms with E-state index < -0.39 is 42.3 Å². The number of nitrogens with one attached hydrogen (secondary N) is 2. The van der Waals surface area contributed by atoms with Crippen molar-refractivity contribution in [2.45, 2.75) is 110 Å². The first-order valence-corrected chi connectivity index (χ1v) is 24.6. The average molecular weight is 986 g/mol. The van der Waals surface area contributed by atoms with E-state index in [-0.39, 0.29) is 71.8 Å². The number of hydrogen-bond donors (Lipinski definition) is 4. The molecule has 3 aromatic carbocycles. The van der Waals surface area contributed by atoms with Crippen LogP contribution >= 0.6 is 0 Å². The number of methoxy groups -OCH3 is 2. The molecule has 5 N–H and O–H groups in total. The second-order valence-corrected chi connectivity index (χ2v) is 19.9. The Labute approximate surface area is 418 Å². The highest BCUT2D eigenvalue weighted by Gasteiger charge is 2.58. The third kappa shape index (κ3) is 10.1. The van der Waals surface area contributed by atoms with Crippen LogP contribution in [0.5, 0.6) is 23.0 Å². The lowest BCUT2D eigenvalue weighted by molar-refractivity contribution is -0.127. The van der Waals surface area contributed by atoms with Gasteiger partial charge in [0.05, 0.1) is 50.8 Å². The second-order valence-electron chi connectivity index (χ2n) is 19.9. The largest absolute Gasteiger partial charge is 0.493 e. The van der Waals surface area contributed by atoms with Crippen LogP contribution in [0.25, 0.3) is 5.57 Å². The molecule has 5 heterocycles. The van der Waals surface area contributed by atoms with Crippen molar-refractivity contribution >= 4 is 46.7 Å². The van der Waals surface area contributed by atoms with E-state index in [1.165, 1.54) is 19.2 Å². The number of nitrogens with zero attached hydrogens (tertiary/aromatic N) is 4. The Kier molecular flexibility index (Phi) is 14.2. The molecule has 1 aromatic heterocycles. The number of aromatic nitrogens is 1. The van der Waals surface area contributed by atoms with Gasteiger partial charge in [-0.25, -0.2) is 9.69 Å². The van der Waals surface area contributed by atoms with Crippen molar-refractivity contribution < 1.29 is 52.8 Å². The molecule has 1 aliphatic carbocycles. The summed E-state index contributed by atoms with van der Waals surface area (Å²) >= 11 is 0. The minimum atomic E-state index is -1.43. The van der Waals surface area contributed by atoms with E-state index in [2.05, 4.69) is 15.6 Å². The maximum atomic E-state index is 14.3. The van der Waals surface area contributed by atoms with E-state index >= 15 is 0 Å². The molecule has 4 aliphatic heterocycles. The molecule has 72 heavy (non-hydrogen) atoms. The minimum absolute atomic E-state index is 0.0331. The molecule has 0 bridgehead atoms. The van der Waals surface area contributed by atoms with Gasteiger partial charge < -0.3 is 55.0 Å². The zero-order valence-electron chi connectivity index (χ0n) is 41.6. The zero-order valence-corrected chi connectivity index (χ0v) is 41.6. The summed E-state index contributed by atoms with van der Waals surface area (Å²) in [5, 5.41) is 17.4. The quantitative estimate of drug-likeness (QED) is 0.0900.